The molecular formula is C10H13FN2O2S. The standard InChI is InChI=1S/C10H13FN2O2S/c1-14-4-5-15-9-3-2-7(6-8(9)11)13-10(12)16/h2-3,6H,4-5H2,1H3,(H3,12,13,16). The molecule has 0 atom stereocenters. The minimum absolute atomic E-state index is 0.0902. The van der Waals surface area contributed by atoms with Gasteiger partial charge in [-0.15, -0.1) is 0 Å². The van der Waals surface area contributed by atoms with Crippen molar-refractivity contribution in [2.75, 3.05) is 25.6 Å². The van der Waals surface area contributed by atoms with Crippen LogP contribution in [-0.4, -0.2) is 25.4 Å². The number of ether oxygens (including phenoxy) is 2. The van der Waals surface area contributed by atoms with Crippen LogP contribution >= 0.6 is 12.2 Å². The molecule has 3 N–H and O–H groups in total. The third-order valence-electron chi connectivity index (χ3n) is 1.74. The third kappa shape index (κ3) is 4.00. The van der Waals surface area contributed by atoms with Crippen LogP contribution in [-0.2, 0) is 4.74 Å². The number of halogens is 1. The van der Waals surface area contributed by atoms with Gasteiger partial charge in [-0.05, 0) is 24.4 Å². The van der Waals surface area contributed by atoms with Crippen molar-refractivity contribution in [3.8, 4) is 5.75 Å². The van der Waals surface area contributed by atoms with Gasteiger partial charge in [-0.2, -0.15) is 0 Å². The van der Waals surface area contributed by atoms with Crippen LogP contribution in [0.2, 0.25) is 0 Å². The lowest BCUT2D eigenvalue weighted by molar-refractivity contribution is 0.144. The average Bonchev–Trinajstić information content (AvgIpc) is 2.20. The van der Waals surface area contributed by atoms with Crippen molar-refractivity contribution in [1.29, 1.82) is 0 Å². The van der Waals surface area contributed by atoms with Gasteiger partial charge < -0.3 is 20.5 Å². The van der Waals surface area contributed by atoms with E-state index in [0.29, 0.717) is 18.9 Å². The predicted octanol–water partition coefficient (Wildman–Crippen LogP) is 1.51. The maximum Gasteiger partial charge on any atom is 0.168 e. The summed E-state index contributed by atoms with van der Waals surface area (Å²) in [5.74, 6) is -0.303. The Balaban J connectivity index is 2.64. The zero-order valence-corrected chi connectivity index (χ0v) is 9.64. The molecule has 0 spiro atoms. The van der Waals surface area contributed by atoms with Gasteiger partial charge in [-0.25, -0.2) is 4.39 Å². The van der Waals surface area contributed by atoms with Crippen molar-refractivity contribution in [2.24, 2.45) is 5.73 Å². The summed E-state index contributed by atoms with van der Waals surface area (Å²) in [6.07, 6.45) is 0. The molecule has 0 saturated carbocycles. The molecule has 6 heteroatoms. The van der Waals surface area contributed by atoms with Gasteiger partial charge >= 0.3 is 0 Å². The van der Waals surface area contributed by atoms with Crippen LogP contribution in [0.25, 0.3) is 0 Å². The lowest BCUT2D eigenvalue weighted by Crippen LogP contribution is -2.18. The summed E-state index contributed by atoms with van der Waals surface area (Å²) < 4.78 is 23.4. The van der Waals surface area contributed by atoms with Crippen LogP contribution in [0, 0.1) is 5.82 Å². The highest BCUT2D eigenvalue weighted by Gasteiger charge is 2.04. The van der Waals surface area contributed by atoms with E-state index in [0.717, 1.165) is 0 Å². The molecule has 0 aromatic heterocycles. The van der Waals surface area contributed by atoms with Crippen LogP contribution in [0.15, 0.2) is 18.2 Å². The molecule has 0 heterocycles. The van der Waals surface area contributed by atoms with Crippen molar-refractivity contribution in [3.05, 3.63) is 24.0 Å². The highest BCUT2D eigenvalue weighted by molar-refractivity contribution is 7.80. The van der Waals surface area contributed by atoms with Crippen LogP contribution < -0.4 is 15.8 Å². The Morgan fingerprint density at radius 2 is 2.25 bits per heavy atom. The number of nitrogens with one attached hydrogen (secondary N) is 1. The first-order valence-corrected chi connectivity index (χ1v) is 5.02. The summed E-state index contributed by atoms with van der Waals surface area (Å²) in [4.78, 5) is 0. The Morgan fingerprint density at radius 3 is 2.81 bits per heavy atom. The van der Waals surface area contributed by atoms with Crippen LogP contribution in [0.4, 0.5) is 10.1 Å². The Hall–Kier alpha value is -1.40. The zero-order valence-electron chi connectivity index (χ0n) is 8.83. The summed E-state index contributed by atoms with van der Waals surface area (Å²) in [7, 11) is 1.55. The fraction of sp³-hybridized carbons (Fsp3) is 0.300. The van der Waals surface area contributed by atoms with Gasteiger partial charge in [-0.3, -0.25) is 0 Å². The molecule has 1 rings (SSSR count). The molecule has 0 radical (unpaired) electrons. The van der Waals surface area contributed by atoms with E-state index >= 15 is 0 Å². The number of thiocarbonyl (C=S) groups is 1. The highest BCUT2D eigenvalue weighted by atomic mass is 32.1. The first-order valence-electron chi connectivity index (χ1n) is 4.61. The van der Waals surface area contributed by atoms with Crippen molar-refractivity contribution < 1.29 is 13.9 Å². The molecule has 0 amide bonds. The minimum Gasteiger partial charge on any atom is -0.488 e. The smallest absolute Gasteiger partial charge is 0.168 e. The zero-order chi connectivity index (χ0) is 12.0. The molecule has 0 aliphatic rings. The highest BCUT2D eigenvalue weighted by Crippen LogP contribution is 2.20. The number of benzene rings is 1. The summed E-state index contributed by atoms with van der Waals surface area (Å²) >= 11 is 4.64. The second kappa shape index (κ2) is 6.24. The first-order chi connectivity index (χ1) is 7.63. The SMILES string of the molecule is COCCOc1ccc(NC(N)=S)cc1F. The molecule has 4 nitrogen and oxygen atoms in total. The van der Waals surface area contributed by atoms with Crippen LogP contribution in [0.1, 0.15) is 0 Å². The van der Waals surface area contributed by atoms with E-state index in [4.69, 9.17) is 15.2 Å². The second-order valence-corrected chi connectivity index (χ2v) is 3.42. The fourth-order valence-electron chi connectivity index (χ4n) is 1.07. The van der Waals surface area contributed by atoms with Gasteiger partial charge in [0.2, 0.25) is 0 Å². The molecule has 0 unspecified atom stereocenters. The molecule has 0 bridgehead atoms. The quantitative estimate of drug-likeness (QED) is 0.607. The minimum atomic E-state index is -0.475. The first kappa shape index (κ1) is 12.7. The number of methoxy groups -OCH3 is 1. The van der Waals surface area contributed by atoms with E-state index in [9.17, 15) is 4.39 Å². The van der Waals surface area contributed by atoms with Crippen molar-refractivity contribution in [3.63, 3.8) is 0 Å². The second-order valence-electron chi connectivity index (χ2n) is 2.98. The topological polar surface area (TPSA) is 56.5 Å². The number of hydrogen-bond acceptors (Lipinski definition) is 3. The lowest BCUT2D eigenvalue weighted by atomic mass is 10.3. The van der Waals surface area contributed by atoms with Gasteiger partial charge in [0.1, 0.15) is 6.61 Å². The molecule has 0 fully saturated rings. The van der Waals surface area contributed by atoms with E-state index in [1.165, 1.54) is 12.1 Å². The van der Waals surface area contributed by atoms with E-state index in [2.05, 4.69) is 17.5 Å². The number of nitrogens with two attached hydrogens (primary N) is 1. The third-order valence-corrected chi connectivity index (χ3v) is 1.85. The molecule has 88 valence electrons. The maximum atomic E-state index is 13.4. The number of rotatable bonds is 5. The fourth-order valence-corrected chi connectivity index (χ4v) is 1.19. The van der Waals surface area contributed by atoms with Crippen LogP contribution in [0.5, 0.6) is 5.75 Å². The summed E-state index contributed by atoms with van der Waals surface area (Å²) in [5.41, 5.74) is 5.75. The Bertz CT molecular complexity index is 374. The molecule has 0 aliphatic carbocycles. The number of anilines is 1. The van der Waals surface area contributed by atoms with Crippen LogP contribution in [0.3, 0.4) is 0 Å². The predicted molar refractivity (Wildman–Crippen MR) is 64.2 cm³/mol. The Morgan fingerprint density at radius 1 is 1.50 bits per heavy atom. The largest absolute Gasteiger partial charge is 0.488 e. The Kier molecular flexibility index (Phi) is 4.94. The van der Waals surface area contributed by atoms with Gasteiger partial charge in [0, 0.05) is 18.9 Å². The van der Waals surface area contributed by atoms with Crippen molar-refractivity contribution in [1.82, 2.24) is 0 Å². The van der Waals surface area contributed by atoms with Crippen molar-refractivity contribution in [2.45, 2.75) is 0 Å². The lowest BCUT2D eigenvalue weighted by Gasteiger charge is -2.08. The average molecular weight is 244 g/mol. The van der Waals surface area contributed by atoms with E-state index < -0.39 is 5.82 Å². The van der Waals surface area contributed by atoms with Gasteiger partial charge in [0.25, 0.3) is 0 Å². The van der Waals surface area contributed by atoms with Gasteiger partial charge in [0.05, 0.1) is 6.61 Å². The van der Waals surface area contributed by atoms with E-state index in [-0.39, 0.29) is 10.9 Å². The van der Waals surface area contributed by atoms with E-state index in [1.807, 2.05) is 0 Å². The molecule has 1 aromatic carbocycles. The normalized spacial score (nSPS) is 9.88. The Labute approximate surface area is 98.5 Å². The summed E-state index contributed by atoms with van der Waals surface area (Å²) in [5, 5.41) is 2.72. The number of hydrogen-bond donors (Lipinski definition) is 2. The molecule has 0 aliphatic heterocycles. The molecule has 0 saturated heterocycles. The van der Waals surface area contributed by atoms with Gasteiger partial charge in [0.15, 0.2) is 16.7 Å². The van der Waals surface area contributed by atoms with Crippen molar-refractivity contribution >= 4 is 23.0 Å². The monoisotopic (exact) mass is 244 g/mol. The molecule has 16 heavy (non-hydrogen) atoms. The molecular weight excluding hydrogens is 231 g/mol. The summed E-state index contributed by atoms with van der Waals surface area (Å²) in [6.45, 7) is 0.710. The van der Waals surface area contributed by atoms with E-state index in [1.54, 1.807) is 13.2 Å². The molecule has 1 aromatic rings. The summed E-state index contributed by atoms with van der Waals surface area (Å²) in [6, 6.07) is 4.40. The maximum absolute atomic E-state index is 13.4. The van der Waals surface area contributed by atoms with Gasteiger partial charge in [-0.1, -0.05) is 0 Å².